The Balaban J connectivity index is 1.42. The molecule has 0 bridgehead atoms. The molecule has 0 saturated carbocycles. The first-order valence-electron chi connectivity index (χ1n) is 8.35. The third-order valence-electron chi connectivity index (χ3n) is 4.32. The van der Waals surface area contributed by atoms with Gasteiger partial charge in [-0.3, -0.25) is 4.79 Å². The van der Waals surface area contributed by atoms with Crippen molar-refractivity contribution in [1.82, 2.24) is 30.5 Å². The van der Waals surface area contributed by atoms with Gasteiger partial charge in [0.2, 0.25) is 11.8 Å². The Kier molecular flexibility index (Phi) is 4.24. The molecule has 0 radical (unpaired) electrons. The Bertz CT molecular complexity index is 857. The first-order chi connectivity index (χ1) is 12.3. The zero-order chi connectivity index (χ0) is 17.1. The van der Waals surface area contributed by atoms with Crippen LogP contribution in [0.5, 0.6) is 0 Å². The van der Waals surface area contributed by atoms with Gasteiger partial charge >= 0.3 is 0 Å². The fourth-order valence-electron chi connectivity index (χ4n) is 3.01. The maximum Gasteiger partial charge on any atom is 0.231 e. The molecular weight excluding hydrogens is 320 g/mol. The Hall–Kier alpha value is -3.03. The zero-order valence-corrected chi connectivity index (χ0v) is 13.6. The number of hydrogen-bond donors (Lipinski definition) is 1. The molecule has 3 aromatic rings. The van der Waals surface area contributed by atoms with E-state index >= 15 is 0 Å². The molecule has 1 N–H and O–H groups in total. The summed E-state index contributed by atoms with van der Waals surface area (Å²) in [6, 6.07) is 9.65. The molecule has 0 fully saturated rings. The van der Waals surface area contributed by atoms with Crippen LogP contribution in [0.2, 0.25) is 0 Å². The summed E-state index contributed by atoms with van der Waals surface area (Å²) in [5.41, 5.74) is 1.59. The minimum Gasteiger partial charge on any atom is -0.444 e. The number of tetrazole rings is 1. The van der Waals surface area contributed by atoms with Crippen LogP contribution in [0.1, 0.15) is 36.7 Å². The van der Waals surface area contributed by atoms with Crippen molar-refractivity contribution in [2.75, 3.05) is 0 Å². The minimum absolute atomic E-state index is 0.0813. The van der Waals surface area contributed by atoms with Crippen LogP contribution in [0.25, 0.3) is 11.5 Å². The predicted octanol–water partition coefficient (Wildman–Crippen LogP) is 1.91. The highest BCUT2D eigenvalue weighted by Crippen LogP contribution is 2.24. The van der Waals surface area contributed by atoms with Crippen molar-refractivity contribution in [2.24, 2.45) is 0 Å². The molecule has 1 aliphatic heterocycles. The van der Waals surface area contributed by atoms with E-state index in [1.165, 1.54) is 0 Å². The lowest BCUT2D eigenvalue weighted by molar-refractivity contribution is -0.123. The summed E-state index contributed by atoms with van der Waals surface area (Å²) in [7, 11) is 0. The van der Waals surface area contributed by atoms with Crippen LogP contribution < -0.4 is 5.32 Å². The highest BCUT2D eigenvalue weighted by Gasteiger charge is 2.28. The fraction of sp³-hybridized carbons (Fsp3) is 0.353. The molecule has 1 amide bonds. The fourth-order valence-corrected chi connectivity index (χ4v) is 3.01. The van der Waals surface area contributed by atoms with Gasteiger partial charge in [-0.05, 0) is 35.4 Å². The monoisotopic (exact) mass is 338 g/mol. The number of fused-ring (bicyclic) bond motifs is 1. The number of aromatic nitrogens is 5. The van der Waals surface area contributed by atoms with Crippen LogP contribution in [0.3, 0.4) is 0 Å². The van der Waals surface area contributed by atoms with Gasteiger partial charge in [0.05, 0.1) is 18.2 Å². The number of rotatable bonds is 4. The number of nitrogens with one attached hydrogen (secondary N) is 1. The van der Waals surface area contributed by atoms with Crippen LogP contribution in [-0.2, 0) is 17.9 Å². The number of nitrogens with zero attached hydrogens (tertiary/aromatic N) is 5. The van der Waals surface area contributed by atoms with Crippen molar-refractivity contribution >= 4 is 5.91 Å². The Morgan fingerprint density at radius 1 is 1.28 bits per heavy atom. The maximum atomic E-state index is 12.6. The molecule has 8 nitrogen and oxygen atoms in total. The van der Waals surface area contributed by atoms with E-state index in [1.807, 2.05) is 30.3 Å². The highest BCUT2D eigenvalue weighted by molar-refractivity contribution is 5.82. The summed E-state index contributed by atoms with van der Waals surface area (Å²) in [6.45, 7) is 1.07. The highest BCUT2D eigenvalue weighted by atomic mass is 16.3. The van der Waals surface area contributed by atoms with Crippen LogP contribution in [0, 0.1) is 0 Å². The van der Waals surface area contributed by atoms with Crippen molar-refractivity contribution in [2.45, 2.75) is 38.3 Å². The number of benzene rings is 1. The standard InChI is InChI=1S/C17H18N6O2/c24-16(14-8-4-5-9-23-15(14)20-21-22-23)18-10-13-11-25-17(19-13)12-6-2-1-3-7-12/h1-3,6-7,11,14H,4-5,8-10H2,(H,18,24). The van der Waals surface area contributed by atoms with Crippen LogP contribution in [-0.4, -0.2) is 31.1 Å². The van der Waals surface area contributed by atoms with Gasteiger partial charge in [0.1, 0.15) is 6.26 Å². The van der Waals surface area contributed by atoms with Crippen molar-refractivity contribution in [3.63, 3.8) is 0 Å². The second kappa shape index (κ2) is 6.84. The third kappa shape index (κ3) is 3.28. The maximum absolute atomic E-state index is 12.6. The van der Waals surface area contributed by atoms with Gasteiger partial charge in [-0.1, -0.05) is 24.6 Å². The summed E-state index contributed by atoms with van der Waals surface area (Å²) in [4.78, 5) is 17.0. The van der Waals surface area contributed by atoms with Gasteiger partial charge in [-0.25, -0.2) is 9.67 Å². The summed E-state index contributed by atoms with van der Waals surface area (Å²) >= 11 is 0. The topological polar surface area (TPSA) is 98.7 Å². The van der Waals surface area contributed by atoms with Gasteiger partial charge < -0.3 is 9.73 Å². The molecular formula is C17H18N6O2. The van der Waals surface area contributed by atoms with Crippen molar-refractivity contribution in [1.29, 1.82) is 0 Å². The van der Waals surface area contributed by atoms with Gasteiger partial charge in [0.25, 0.3) is 0 Å². The lowest BCUT2D eigenvalue weighted by atomic mass is 10.0. The normalized spacial score (nSPS) is 16.9. The number of amides is 1. The van der Waals surface area contributed by atoms with Crippen molar-refractivity contribution in [3.05, 3.63) is 48.1 Å². The summed E-state index contributed by atoms with van der Waals surface area (Å²) in [5, 5.41) is 14.6. The number of carbonyl (C=O) groups excluding carboxylic acids is 1. The molecule has 8 heteroatoms. The second-order valence-electron chi connectivity index (χ2n) is 6.04. The number of oxazole rings is 1. The Labute approximate surface area is 144 Å². The molecule has 2 aromatic heterocycles. The van der Waals surface area contributed by atoms with E-state index in [9.17, 15) is 4.79 Å². The van der Waals surface area contributed by atoms with Gasteiger partial charge in [-0.15, -0.1) is 5.10 Å². The van der Waals surface area contributed by atoms with Gasteiger partial charge in [-0.2, -0.15) is 0 Å². The van der Waals surface area contributed by atoms with E-state index in [1.54, 1.807) is 10.9 Å². The molecule has 0 aliphatic carbocycles. The molecule has 128 valence electrons. The molecule has 25 heavy (non-hydrogen) atoms. The molecule has 1 aliphatic rings. The second-order valence-corrected chi connectivity index (χ2v) is 6.04. The Morgan fingerprint density at radius 3 is 3.04 bits per heavy atom. The van der Waals surface area contributed by atoms with Gasteiger partial charge in [0.15, 0.2) is 5.82 Å². The molecule has 0 saturated heterocycles. The summed E-state index contributed by atoms with van der Waals surface area (Å²) in [6.07, 6.45) is 4.26. The molecule has 1 atom stereocenters. The van der Waals surface area contributed by atoms with E-state index in [0.717, 1.165) is 31.4 Å². The average Bonchev–Trinajstić information content (AvgIpc) is 3.26. The molecule has 4 rings (SSSR count). The lowest BCUT2D eigenvalue weighted by Gasteiger charge is -2.12. The van der Waals surface area contributed by atoms with E-state index in [0.29, 0.717) is 24.0 Å². The lowest BCUT2D eigenvalue weighted by Crippen LogP contribution is -2.30. The summed E-state index contributed by atoms with van der Waals surface area (Å²) < 4.78 is 7.22. The average molecular weight is 338 g/mol. The number of aryl methyl sites for hydroxylation is 1. The molecule has 1 aromatic carbocycles. The molecule has 3 heterocycles. The predicted molar refractivity (Wildman–Crippen MR) is 88.2 cm³/mol. The number of hydrogen-bond acceptors (Lipinski definition) is 6. The first-order valence-corrected chi connectivity index (χ1v) is 8.35. The zero-order valence-electron chi connectivity index (χ0n) is 13.6. The smallest absolute Gasteiger partial charge is 0.231 e. The Morgan fingerprint density at radius 2 is 2.16 bits per heavy atom. The van der Waals surface area contributed by atoms with Crippen LogP contribution >= 0.6 is 0 Å². The SMILES string of the molecule is O=C(NCc1coc(-c2ccccc2)n1)C1CCCCn2nnnc21. The largest absolute Gasteiger partial charge is 0.444 e. The van der Waals surface area contributed by atoms with Gasteiger partial charge in [0, 0.05) is 12.1 Å². The number of carbonyl (C=O) groups is 1. The van der Waals surface area contributed by atoms with E-state index < -0.39 is 0 Å². The molecule has 0 spiro atoms. The van der Waals surface area contributed by atoms with E-state index in [4.69, 9.17) is 4.42 Å². The first kappa shape index (κ1) is 15.5. The van der Waals surface area contributed by atoms with Crippen molar-refractivity contribution in [3.8, 4) is 11.5 Å². The third-order valence-corrected chi connectivity index (χ3v) is 4.32. The van der Waals surface area contributed by atoms with E-state index in [-0.39, 0.29) is 11.8 Å². The van der Waals surface area contributed by atoms with Crippen molar-refractivity contribution < 1.29 is 9.21 Å². The summed E-state index contributed by atoms with van der Waals surface area (Å²) in [5.74, 6) is 0.781. The van der Waals surface area contributed by atoms with Crippen LogP contribution in [0.15, 0.2) is 41.0 Å². The van der Waals surface area contributed by atoms with E-state index in [2.05, 4.69) is 25.8 Å². The quantitative estimate of drug-likeness (QED) is 0.780. The minimum atomic E-state index is -0.321. The van der Waals surface area contributed by atoms with Crippen LogP contribution in [0.4, 0.5) is 0 Å². The molecule has 1 unspecified atom stereocenters.